The Morgan fingerprint density at radius 1 is 1.40 bits per heavy atom. The highest BCUT2D eigenvalue weighted by atomic mass is 79.9. The number of hydrogen-bond acceptors (Lipinski definition) is 2. The molecule has 0 saturated heterocycles. The van der Waals surface area contributed by atoms with Crippen molar-refractivity contribution in [3.63, 3.8) is 0 Å². The smallest absolute Gasteiger partial charge is 0.0586 e. The summed E-state index contributed by atoms with van der Waals surface area (Å²) in [5, 5.41) is 4.78. The lowest BCUT2D eigenvalue weighted by atomic mass is 9.91. The highest BCUT2D eigenvalue weighted by Gasteiger charge is 2.24. The van der Waals surface area contributed by atoms with E-state index in [1.807, 2.05) is 7.11 Å². The number of hydrogen-bond donors (Lipinski definition) is 1. The topological polar surface area (TPSA) is 21.3 Å². The van der Waals surface area contributed by atoms with E-state index in [4.69, 9.17) is 4.74 Å². The lowest BCUT2D eigenvalue weighted by Gasteiger charge is -2.33. The van der Waals surface area contributed by atoms with Crippen LogP contribution in [0.15, 0.2) is 0 Å². The van der Waals surface area contributed by atoms with Gasteiger partial charge >= 0.3 is 0 Å². The third-order valence-corrected chi connectivity index (χ3v) is 4.08. The Hall–Kier alpha value is 0.400. The molecule has 0 aliphatic heterocycles. The van der Waals surface area contributed by atoms with Crippen LogP contribution in [0.2, 0.25) is 0 Å². The van der Waals surface area contributed by atoms with Crippen LogP contribution in [0.3, 0.4) is 0 Å². The molecule has 3 unspecified atom stereocenters. The zero-order chi connectivity index (χ0) is 11.3. The average molecular weight is 278 g/mol. The predicted molar refractivity (Wildman–Crippen MR) is 68.6 cm³/mol. The minimum atomic E-state index is 0.472. The van der Waals surface area contributed by atoms with Gasteiger partial charge in [-0.05, 0) is 31.6 Å². The third-order valence-electron chi connectivity index (χ3n) is 3.38. The summed E-state index contributed by atoms with van der Waals surface area (Å²) in [6, 6.07) is 1.24. The number of nitrogens with one attached hydrogen (secondary N) is 1. The van der Waals surface area contributed by atoms with Crippen LogP contribution in [0.25, 0.3) is 0 Å². The van der Waals surface area contributed by atoms with Gasteiger partial charge in [0.1, 0.15) is 0 Å². The first-order valence-corrected chi connectivity index (χ1v) is 7.14. The van der Waals surface area contributed by atoms with Crippen molar-refractivity contribution in [2.45, 2.75) is 57.7 Å². The lowest BCUT2D eigenvalue weighted by molar-refractivity contribution is 0.0564. The van der Waals surface area contributed by atoms with Gasteiger partial charge in [-0.15, -0.1) is 0 Å². The number of methoxy groups -OCH3 is 1. The van der Waals surface area contributed by atoms with Gasteiger partial charge in [0, 0.05) is 24.5 Å². The number of alkyl halides is 1. The Balaban J connectivity index is 2.36. The Morgan fingerprint density at radius 3 is 2.67 bits per heavy atom. The van der Waals surface area contributed by atoms with E-state index in [0.717, 1.165) is 5.33 Å². The molecule has 1 aliphatic carbocycles. The first-order chi connectivity index (χ1) is 7.17. The summed E-state index contributed by atoms with van der Waals surface area (Å²) >= 11 is 3.58. The molecule has 90 valence electrons. The Labute approximate surface area is 102 Å². The molecule has 1 saturated carbocycles. The fraction of sp³-hybridized carbons (Fsp3) is 1.00. The molecule has 0 heterocycles. The van der Waals surface area contributed by atoms with Crippen molar-refractivity contribution in [1.29, 1.82) is 0 Å². The second-order valence-electron chi connectivity index (χ2n) is 4.89. The molecule has 0 amide bonds. The van der Waals surface area contributed by atoms with Crippen LogP contribution in [-0.4, -0.2) is 30.6 Å². The molecule has 1 rings (SSSR count). The summed E-state index contributed by atoms with van der Waals surface area (Å²) in [5.41, 5.74) is 0. The average Bonchev–Trinajstić information content (AvgIpc) is 2.25. The van der Waals surface area contributed by atoms with Crippen LogP contribution < -0.4 is 5.32 Å². The first-order valence-electron chi connectivity index (χ1n) is 6.02. The number of ether oxygens (including phenoxy) is 1. The van der Waals surface area contributed by atoms with E-state index >= 15 is 0 Å². The summed E-state index contributed by atoms with van der Waals surface area (Å²) in [6.45, 7) is 4.55. The molecule has 0 aromatic heterocycles. The molecule has 1 aliphatic rings. The summed E-state index contributed by atoms with van der Waals surface area (Å²) < 4.78 is 5.45. The van der Waals surface area contributed by atoms with Crippen molar-refractivity contribution in [1.82, 2.24) is 5.32 Å². The molecule has 0 spiro atoms. The van der Waals surface area contributed by atoms with Crippen molar-refractivity contribution >= 4 is 15.9 Å². The summed E-state index contributed by atoms with van der Waals surface area (Å²) in [7, 11) is 1.83. The summed E-state index contributed by atoms with van der Waals surface area (Å²) in [4.78, 5) is 0. The van der Waals surface area contributed by atoms with Crippen LogP contribution in [-0.2, 0) is 4.74 Å². The molecule has 0 aromatic rings. The van der Waals surface area contributed by atoms with Crippen molar-refractivity contribution in [3.8, 4) is 0 Å². The minimum absolute atomic E-state index is 0.472. The summed E-state index contributed by atoms with van der Waals surface area (Å²) in [6.07, 6.45) is 5.47. The van der Waals surface area contributed by atoms with Crippen molar-refractivity contribution in [3.05, 3.63) is 0 Å². The van der Waals surface area contributed by atoms with Gasteiger partial charge < -0.3 is 10.1 Å². The lowest BCUT2D eigenvalue weighted by Crippen LogP contribution is -2.45. The van der Waals surface area contributed by atoms with Gasteiger partial charge in [-0.1, -0.05) is 29.8 Å². The fourth-order valence-electron chi connectivity index (χ4n) is 2.23. The van der Waals surface area contributed by atoms with Crippen molar-refractivity contribution < 1.29 is 4.74 Å². The SMILES string of the molecule is COC1CCCC(NC(CBr)C(C)C)C1. The predicted octanol–water partition coefficient (Wildman–Crippen LogP) is 2.95. The minimum Gasteiger partial charge on any atom is -0.381 e. The van der Waals surface area contributed by atoms with Crippen molar-refractivity contribution in [2.75, 3.05) is 12.4 Å². The number of halogens is 1. The van der Waals surface area contributed by atoms with E-state index in [1.165, 1.54) is 25.7 Å². The monoisotopic (exact) mass is 277 g/mol. The molecule has 0 radical (unpaired) electrons. The highest BCUT2D eigenvalue weighted by Crippen LogP contribution is 2.22. The molecular formula is C12H24BrNO. The molecule has 1 N–H and O–H groups in total. The molecule has 3 heteroatoms. The normalized spacial score (nSPS) is 29.4. The molecule has 0 bridgehead atoms. The fourth-order valence-corrected chi connectivity index (χ4v) is 3.16. The zero-order valence-corrected chi connectivity index (χ0v) is 11.7. The van der Waals surface area contributed by atoms with Gasteiger partial charge in [0.2, 0.25) is 0 Å². The van der Waals surface area contributed by atoms with Gasteiger partial charge in [-0.2, -0.15) is 0 Å². The van der Waals surface area contributed by atoms with E-state index in [0.29, 0.717) is 24.1 Å². The maximum absolute atomic E-state index is 5.45. The van der Waals surface area contributed by atoms with Gasteiger partial charge in [-0.25, -0.2) is 0 Å². The Kier molecular flexibility index (Phi) is 6.17. The third kappa shape index (κ3) is 4.41. The maximum Gasteiger partial charge on any atom is 0.0586 e. The van der Waals surface area contributed by atoms with Crippen LogP contribution >= 0.6 is 15.9 Å². The van der Waals surface area contributed by atoms with Gasteiger partial charge in [0.15, 0.2) is 0 Å². The molecule has 3 atom stereocenters. The van der Waals surface area contributed by atoms with E-state index in [9.17, 15) is 0 Å². The van der Waals surface area contributed by atoms with Crippen LogP contribution in [0.5, 0.6) is 0 Å². The van der Waals surface area contributed by atoms with E-state index in [1.54, 1.807) is 0 Å². The van der Waals surface area contributed by atoms with Crippen molar-refractivity contribution in [2.24, 2.45) is 5.92 Å². The van der Waals surface area contributed by atoms with Crippen LogP contribution in [0.4, 0.5) is 0 Å². The Morgan fingerprint density at radius 2 is 2.13 bits per heavy atom. The standard InChI is InChI=1S/C12H24BrNO/c1-9(2)12(8-13)14-10-5-4-6-11(7-10)15-3/h9-12,14H,4-8H2,1-3H3. The van der Waals surface area contributed by atoms with Crippen LogP contribution in [0.1, 0.15) is 39.5 Å². The van der Waals surface area contributed by atoms with E-state index in [-0.39, 0.29) is 0 Å². The molecule has 15 heavy (non-hydrogen) atoms. The molecular weight excluding hydrogens is 254 g/mol. The van der Waals surface area contributed by atoms with Crippen LogP contribution in [0, 0.1) is 5.92 Å². The maximum atomic E-state index is 5.45. The number of rotatable bonds is 5. The molecule has 1 fully saturated rings. The van der Waals surface area contributed by atoms with Gasteiger partial charge in [0.05, 0.1) is 6.10 Å². The van der Waals surface area contributed by atoms with E-state index in [2.05, 4.69) is 35.1 Å². The highest BCUT2D eigenvalue weighted by molar-refractivity contribution is 9.09. The zero-order valence-electron chi connectivity index (χ0n) is 10.1. The second-order valence-corrected chi connectivity index (χ2v) is 5.54. The quantitative estimate of drug-likeness (QED) is 0.781. The van der Waals surface area contributed by atoms with E-state index < -0.39 is 0 Å². The largest absolute Gasteiger partial charge is 0.381 e. The molecule has 0 aromatic carbocycles. The second kappa shape index (κ2) is 6.87. The Bertz CT molecular complexity index is 175. The molecule has 2 nitrogen and oxygen atoms in total. The summed E-state index contributed by atoms with van der Waals surface area (Å²) in [5.74, 6) is 0.687. The first kappa shape index (κ1) is 13.5. The van der Waals surface area contributed by atoms with Gasteiger partial charge in [-0.3, -0.25) is 0 Å². The van der Waals surface area contributed by atoms with Gasteiger partial charge in [0.25, 0.3) is 0 Å².